The van der Waals surface area contributed by atoms with Crippen molar-refractivity contribution < 1.29 is 9.47 Å². The molecule has 0 aromatic carbocycles. The summed E-state index contributed by atoms with van der Waals surface area (Å²) in [5.74, 6) is 0. The molecule has 0 atom stereocenters. The Kier molecular flexibility index (Phi) is 5.00. The molecule has 0 radical (unpaired) electrons. The van der Waals surface area contributed by atoms with Crippen LogP contribution < -0.4 is 10.5 Å². The number of rotatable bonds is 6. The maximum atomic E-state index is 5.50. The van der Waals surface area contributed by atoms with Crippen LogP contribution in [0.2, 0.25) is 0 Å². The highest BCUT2D eigenvalue weighted by atomic mass is 16.5. The van der Waals surface area contributed by atoms with Crippen LogP contribution in [0.1, 0.15) is 18.2 Å². The molecule has 1 heterocycles. The van der Waals surface area contributed by atoms with E-state index < -0.39 is 0 Å². The van der Waals surface area contributed by atoms with Crippen LogP contribution >= 0.6 is 0 Å². The molecule has 0 saturated carbocycles. The Morgan fingerprint density at radius 2 is 2.20 bits per heavy atom. The predicted octanol–water partition coefficient (Wildman–Crippen LogP) is 0.659. The number of aryl methyl sites for hydroxylation is 1. The van der Waals surface area contributed by atoms with Crippen molar-refractivity contribution in [2.24, 2.45) is 5.73 Å². The van der Waals surface area contributed by atoms with Gasteiger partial charge < -0.3 is 15.2 Å². The summed E-state index contributed by atoms with van der Waals surface area (Å²) in [5, 5.41) is 0. The standard InChI is InChI=1S/C10H17N3O2/c1-3-14-4-5-15-10-12-7-9(6-11)8(2)13-10/h7H,3-6,11H2,1-2H3. The van der Waals surface area contributed by atoms with Crippen LogP contribution in [0, 0.1) is 6.92 Å². The maximum Gasteiger partial charge on any atom is 0.316 e. The minimum atomic E-state index is 0.379. The highest BCUT2D eigenvalue weighted by molar-refractivity contribution is 5.17. The van der Waals surface area contributed by atoms with Crippen LogP contribution in [-0.4, -0.2) is 29.8 Å². The fourth-order valence-corrected chi connectivity index (χ4v) is 1.08. The molecule has 84 valence electrons. The molecule has 15 heavy (non-hydrogen) atoms. The first-order valence-corrected chi connectivity index (χ1v) is 5.01. The number of ether oxygens (including phenoxy) is 2. The van der Waals surface area contributed by atoms with Gasteiger partial charge in [-0.2, -0.15) is 0 Å². The summed E-state index contributed by atoms with van der Waals surface area (Å²) < 4.78 is 10.4. The monoisotopic (exact) mass is 211 g/mol. The van der Waals surface area contributed by atoms with Gasteiger partial charge in [-0.15, -0.1) is 0 Å². The van der Waals surface area contributed by atoms with Crippen molar-refractivity contribution in [3.05, 3.63) is 17.5 Å². The van der Waals surface area contributed by atoms with Gasteiger partial charge in [0.05, 0.1) is 6.61 Å². The molecule has 0 aliphatic heterocycles. The second-order valence-electron chi connectivity index (χ2n) is 3.01. The minimum absolute atomic E-state index is 0.379. The average molecular weight is 211 g/mol. The summed E-state index contributed by atoms with van der Waals surface area (Å²) in [5.41, 5.74) is 7.30. The van der Waals surface area contributed by atoms with Crippen molar-refractivity contribution in [2.75, 3.05) is 19.8 Å². The highest BCUT2D eigenvalue weighted by Crippen LogP contribution is 2.07. The quantitative estimate of drug-likeness (QED) is 0.700. The van der Waals surface area contributed by atoms with Gasteiger partial charge in [0.1, 0.15) is 6.61 Å². The third-order valence-electron chi connectivity index (χ3n) is 1.94. The number of nitrogens with zero attached hydrogens (tertiary/aromatic N) is 2. The fourth-order valence-electron chi connectivity index (χ4n) is 1.08. The van der Waals surface area contributed by atoms with E-state index in [-0.39, 0.29) is 0 Å². The summed E-state index contributed by atoms with van der Waals surface area (Å²) in [6.45, 7) is 5.99. The van der Waals surface area contributed by atoms with Gasteiger partial charge in [-0.1, -0.05) is 0 Å². The molecular formula is C10H17N3O2. The lowest BCUT2D eigenvalue weighted by Crippen LogP contribution is -2.10. The van der Waals surface area contributed by atoms with Gasteiger partial charge in [-0.05, 0) is 13.8 Å². The van der Waals surface area contributed by atoms with Gasteiger partial charge in [-0.3, -0.25) is 0 Å². The summed E-state index contributed by atoms with van der Waals surface area (Å²) in [6, 6.07) is 0.379. The molecule has 0 amide bonds. The van der Waals surface area contributed by atoms with E-state index in [1.54, 1.807) is 6.20 Å². The fraction of sp³-hybridized carbons (Fsp3) is 0.600. The summed E-state index contributed by atoms with van der Waals surface area (Å²) >= 11 is 0. The molecule has 1 rings (SSSR count). The van der Waals surface area contributed by atoms with Gasteiger partial charge in [0.2, 0.25) is 0 Å². The molecule has 0 unspecified atom stereocenters. The van der Waals surface area contributed by atoms with Crippen molar-refractivity contribution in [2.45, 2.75) is 20.4 Å². The number of nitrogens with two attached hydrogens (primary N) is 1. The minimum Gasteiger partial charge on any atom is -0.461 e. The molecule has 0 saturated heterocycles. The lowest BCUT2D eigenvalue weighted by Gasteiger charge is -2.06. The van der Waals surface area contributed by atoms with Crippen LogP contribution in [0.5, 0.6) is 6.01 Å². The normalized spacial score (nSPS) is 10.3. The van der Waals surface area contributed by atoms with Crippen molar-refractivity contribution in [3.8, 4) is 6.01 Å². The van der Waals surface area contributed by atoms with Crippen molar-refractivity contribution >= 4 is 0 Å². The molecule has 1 aromatic rings. The van der Waals surface area contributed by atoms with E-state index >= 15 is 0 Å². The van der Waals surface area contributed by atoms with Crippen LogP contribution in [0.25, 0.3) is 0 Å². The smallest absolute Gasteiger partial charge is 0.316 e. The first kappa shape index (κ1) is 11.9. The Bertz CT molecular complexity index is 305. The number of hydrogen-bond donors (Lipinski definition) is 1. The van der Waals surface area contributed by atoms with E-state index in [2.05, 4.69) is 9.97 Å². The highest BCUT2D eigenvalue weighted by Gasteiger charge is 2.02. The first-order chi connectivity index (χ1) is 7.27. The molecular weight excluding hydrogens is 194 g/mol. The summed E-state index contributed by atoms with van der Waals surface area (Å²) in [7, 11) is 0. The summed E-state index contributed by atoms with van der Waals surface area (Å²) in [6.07, 6.45) is 1.69. The lowest BCUT2D eigenvalue weighted by atomic mass is 10.2. The van der Waals surface area contributed by atoms with E-state index in [1.807, 2.05) is 13.8 Å². The Balaban J connectivity index is 2.45. The van der Waals surface area contributed by atoms with E-state index in [0.29, 0.717) is 32.4 Å². The van der Waals surface area contributed by atoms with E-state index in [0.717, 1.165) is 11.3 Å². The van der Waals surface area contributed by atoms with Gasteiger partial charge >= 0.3 is 6.01 Å². The Hall–Kier alpha value is -1.20. The number of hydrogen-bond acceptors (Lipinski definition) is 5. The molecule has 0 spiro atoms. The van der Waals surface area contributed by atoms with Crippen molar-refractivity contribution in [1.29, 1.82) is 0 Å². The third-order valence-corrected chi connectivity index (χ3v) is 1.94. The van der Waals surface area contributed by atoms with Crippen molar-refractivity contribution in [1.82, 2.24) is 9.97 Å². The molecule has 2 N–H and O–H groups in total. The zero-order valence-electron chi connectivity index (χ0n) is 9.19. The van der Waals surface area contributed by atoms with E-state index in [4.69, 9.17) is 15.2 Å². The Labute approximate surface area is 89.6 Å². The van der Waals surface area contributed by atoms with Crippen LogP contribution in [0.3, 0.4) is 0 Å². The predicted molar refractivity (Wildman–Crippen MR) is 56.6 cm³/mol. The molecule has 5 heteroatoms. The second kappa shape index (κ2) is 6.31. The lowest BCUT2D eigenvalue weighted by molar-refractivity contribution is 0.106. The van der Waals surface area contributed by atoms with Gasteiger partial charge in [0, 0.05) is 30.6 Å². The third kappa shape index (κ3) is 3.81. The average Bonchev–Trinajstić information content (AvgIpc) is 2.25. The first-order valence-electron chi connectivity index (χ1n) is 5.01. The largest absolute Gasteiger partial charge is 0.461 e. The Morgan fingerprint density at radius 1 is 1.40 bits per heavy atom. The van der Waals surface area contributed by atoms with Crippen LogP contribution in [-0.2, 0) is 11.3 Å². The molecule has 0 bridgehead atoms. The number of aromatic nitrogens is 2. The SMILES string of the molecule is CCOCCOc1ncc(CN)c(C)n1. The Morgan fingerprint density at radius 3 is 2.80 bits per heavy atom. The van der Waals surface area contributed by atoms with Crippen molar-refractivity contribution in [3.63, 3.8) is 0 Å². The van der Waals surface area contributed by atoms with Gasteiger partial charge in [0.25, 0.3) is 0 Å². The maximum absolute atomic E-state index is 5.50. The zero-order chi connectivity index (χ0) is 11.1. The molecule has 0 aliphatic carbocycles. The van der Waals surface area contributed by atoms with E-state index in [1.165, 1.54) is 0 Å². The van der Waals surface area contributed by atoms with Crippen LogP contribution in [0.4, 0.5) is 0 Å². The van der Waals surface area contributed by atoms with Gasteiger partial charge in [-0.25, -0.2) is 9.97 Å². The second-order valence-corrected chi connectivity index (χ2v) is 3.01. The molecule has 0 aliphatic rings. The molecule has 0 fully saturated rings. The van der Waals surface area contributed by atoms with Gasteiger partial charge in [0.15, 0.2) is 0 Å². The van der Waals surface area contributed by atoms with E-state index in [9.17, 15) is 0 Å². The zero-order valence-corrected chi connectivity index (χ0v) is 9.19. The van der Waals surface area contributed by atoms with Crippen LogP contribution in [0.15, 0.2) is 6.20 Å². The molecule has 5 nitrogen and oxygen atoms in total. The summed E-state index contributed by atoms with van der Waals surface area (Å²) in [4.78, 5) is 8.21. The topological polar surface area (TPSA) is 70.3 Å². The molecule has 1 aromatic heterocycles.